The van der Waals surface area contributed by atoms with Crippen molar-refractivity contribution in [1.29, 1.82) is 0 Å². The van der Waals surface area contributed by atoms with E-state index in [0.717, 1.165) is 31.7 Å². The Hall–Kier alpha value is -3.15. The van der Waals surface area contributed by atoms with Crippen LogP contribution < -0.4 is 10.2 Å². The molecule has 2 heterocycles. The number of guanidine groups is 1. The average Bonchev–Trinajstić information content (AvgIpc) is 2.74. The van der Waals surface area contributed by atoms with Gasteiger partial charge in [0.05, 0.1) is 6.42 Å². The number of benzene rings is 2. The van der Waals surface area contributed by atoms with Crippen molar-refractivity contribution in [2.45, 2.75) is 19.4 Å². The number of piperazine rings is 1. The molecule has 1 unspecified atom stereocenters. The Morgan fingerprint density at radius 1 is 0.964 bits per heavy atom. The predicted octanol–water partition coefficient (Wildman–Crippen LogP) is 2.24. The van der Waals surface area contributed by atoms with Crippen LogP contribution in [-0.4, -0.2) is 54.8 Å². The minimum Gasteiger partial charge on any atom is -0.368 e. The normalized spacial score (nSPS) is 19.8. The SMILES string of the molecule is Cc1ccc(C(=O)C2CC(=O)NC(N3CCN(c4ccccc4)CC3)=N2)cc1. The fourth-order valence-electron chi connectivity index (χ4n) is 3.61. The molecule has 6 heteroatoms. The van der Waals surface area contributed by atoms with E-state index in [9.17, 15) is 9.59 Å². The van der Waals surface area contributed by atoms with Crippen molar-refractivity contribution in [3.8, 4) is 0 Å². The van der Waals surface area contributed by atoms with Crippen molar-refractivity contribution in [2.24, 2.45) is 4.99 Å². The maximum atomic E-state index is 12.8. The highest BCUT2D eigenvalue weighted by atomic mass is 16.2. The number of anilines is 1. The Bertz CT molecular complexity index is 885. The van der Waals surface area contributed by atoms with Gasteiger partial charge in [0.2, 0.25) is 11.9 Å². The van der Waals surface area contributed by atoms with Crippen LogP contribution in [0.3, 0.4) is 0 Å². The molecule has 1 saturated heterocycles. The monoisotopic (exact) mass is 376 g/mol. The van der Waals surface area contributed by atoms with Crippen molar-refractivity contribution in [2.75, 3.05) is 31.1 Å². The van der Waals surface area contributed by atoms with E-state index in [2.05, 4.69) is 32.2 Å². The minimum atomic E-state index is -0.654. The Morgan fingerprint density at radius 2 is 1.61 bits per heavy atom. The number of aliphatic imine (C=N–C) groups is 1. The summed E-state index contributed by atoms with van der Waals surface area (Å²) >= 11 is 0. The summed E-state index contributed by atoms with van der Waals surface area (Å²) in [4.78, 5) is 34.0. The smallest absolute Gasteiger partial charge is 0.229 e. The summed E-state index contributed by atoms with van der Waals surface area (Å²) < 4.78 is 0. The lowest BCUT2D eigenvalue weighted by Crippen LogP contribution is -2.56. The van der Waals surface area contributed by atoms with Gasteiger partial charge in [-0.05, 0) is 19.1 Å². The van der Waals surface area contributed by atoms with E-state index >= 15 is 0 Å². The molecule has 2 aromatic rings. The van der Waals surface area contributed by atoms with Crippen LogP contribution in [0.15, 0.2) is 59.6 Å². The maximum absolute atomic E-state index is 12.8. The van der Waals surface area contributed by atoms with Gasteiger partial charge in [-0.2, -0.15) is 0 Å². The lowest BCUT2D eigenvalue weighted by atomic mass is 10.00. The molecule has 1 N–H and O–H groups in total. The molecule has 0 aliphatic carbocycles. The van der Waals surface area contributed by atoms with E-state index in [1.807, 2.05) is 37.3 Å². The number of carbonyl (C=O) groups is 2. The van der Waals surface area contributed by atoms with Crippen LogP contribution in [0, 0.1) is 6.92 Å². The first-order valence-electron chi connectivity index (χ1n) is 9.63. The highest BCUT2D eigenvalue weighted by Gasteiger charge is 2.31. The third kappa shape index (κ3) is 3.91. The first-order chi connectivity index (χ1) is 13.6. The number of nitrogens with one attached hydrogen (secondary N) is 1. The molecule has 0 saturated carbocycles. The highest BCUT2D eigenvalue weighted by molar-refractivity contribution is 6.08. The van der Waals surface area contributed by atoms with Gasteiger partial charge in [0, 0.05) is 37.4 Å². The number of hydrogen-bond acceptors (Lipinski definition) is 5. The Kier molecular flexibility index (Phi) is 5.10. The molecule has 2 aromatic carbocycles. The number of ketones is 1. The third-order valence-electron chi connectivity index (χ3n) is 5.25. The Morgan fingerprint density at radius 3 is 2.29 bits per heavy atom. The molecule has 1 amide bonds. The second-order valence-corrected chi connectivity index (χ2v) is 7.26. The van der Waals surface area contributed by atoms with Crippen LogP contribution in [0.1, 0.15) is 22.3 Å². The number of hydrogen-bond donors (Lipinski definition) is 1. The first kappa shape index (κ1) is 18.2. The summed E-state index contributed by atoms with van der Waals surface area (Å²) in [5.74, 6) is 0.269. The van der Waals surface area contributed by atoms with Gasteiger partial charge < -0.3 is 9.80 Å². The number of carbonyl (C=O) groups excluding carboxylic acids is 2. The average molecular weight is 376 g/mol. The predicted molar refractivity (Wildman–Crippen MR) is 110 cm³/mol. The summed E-state index contributed by atoms with van der Waals surface area (Å²) in [6, 6.07) is 17.1. The summed E-state index contributed by atoms with van der Waals surface area (Å²) in [5.41, 5.74) is 2.89. The molecule has 4 rings (SSSR count). The number of aryl methyl sites for hydroxylation is 1. The molecule has 0 spiro atoms. The topological polar surface area (TPSA) is 65.0 Å². The van der Waals surface area contributed by atoms with Gasteiger partial charge in [0.25, 0.3) is 0 Å². The quantitative estimate of drug-likeness (QED) is 0.835. The van der Waals surface area contributed by atoms with E-state index in [0.29, 0.717) is 11.5 Å². The lowest BCUT2D eigenvalue weighted by Gasteiger charge is -2.38. The molecular weight excluding hydrogens is 352 g/mol. The van der Waals surface area contributed by atoms with Crippen molar-refractivity contribution in [3.63, 3.8) is 0 Å². The largest absolute Gasteiger partial charge is 0.368 e. The Labute approximate surface area is 164 Å². The lowest BCUT2D eigenvalue weighted by molar-refractivity contribution is -0.120. The summed E-state index contributed by atoms with van der Waals surface area (Å²) in [5, 5.41) is 2.85. The standard InChI is InChI=1S/C22H24N4O2/c1-16-7-9-17(10-8-16)21(28)19-15-20(27)24-22(23-19)26-13-11-25(12-14-26)18-5-3-2-4-6-18/h2-10,19H,11-15H2,1H3,(H,23,24,27). The molecule has 0 bridgehead atoms. The molecule has 144 valence electrons. The van der Waals surface area contributed by atoms with Crippen molar-refractivity contribution in [3.05, 3.63) is 65.7 Å². The van der Waals surface area contributed by atoms with Crippen molar-refractivity contribution < 1.29 is 9.59 Å². The zero-order valence-corrected chi connectivity index (χ0v) is 16.0. The molecule has 2 aliphatic heterocycles. The van der Waals surface area contributed by atoms with Crippen molar-refractivity contribution >= 4 is 23.3 Å². The molecular formula is C22H24N4O2. The molecule has 1 atom stereocenters. The van der Waals surface area contributed by atoms with Gasteiger partial charge in [-0.15, -0.1) is 0 Å². The van der Waals surface area contributed by atoms with Gasteiger partial charge in [-0.25, -0.2) is 4.99 Å². The highest BCUT2D eigenvalue weighted by Crippen LogP contribution is 2.18. The molecule has 1 fully saturated rings. The molecule has 0 aromatic heterocycles. The summed E-state index contributed by atoms with van der Waals surface area (Å²) in [6.07, 6.45) is 0.0974. The van der Waals surface area contributed by atoms with Crippen LogP contribution >= 0.6 is 0 Å². The van der Waals surface area contributed by atoms with E-state index in [4.69, 9.17) is 0 Å². The van der Waals surface area contributed by atoms with E-state index in [-0.39, 0.29) is 18.1 Å². The fraction of sp³-hybridized carbons (Fsp3) is 0.318. The van der Waals surface area contributed by atoms with E-state index < -0.39 is 6.04 Å². The van der Waals surface area contributed by atoms with Gasteiger partial charge >= 0.3 is 0 Å². The second kappa shape index (κ2) is 7.84. The van der Waals surface area contributed by atoms with E-state index in [1.165, 1.54) is 5.69 Å². The zero-order chi connectivity index (χ0) is 19.5. The van der Waals surface area contributed by atoms with Crippen LogP contribution in [0.2, 0.25) is 0 Å². The van der Waals surface area contributed by atoms with Crippen LogP contribution in [0.25, 0.3) is 0 Å². The summed E-state index contributed by atoms with van der Waals surface area (Å²) in [6.45, 7) is 5.16. The van der Waals surface area contributed by atoms with Gasteiger partial charge in [0.15, 0.2) is 5.78 Å². The fourth-order valence-corrected chi connectivity index (χ4v) is 3.61. The molecule has 2 aliphatic rings. The molecule has 0 radical (unpaired) electrons. The first-order valence-corrected chi connectivity index (χ1v) is 9.63. The second-order valence-electron chi connectivity index (χ2n) is 7.26. The molecule has 28 heavy (non-hydrogen) atoms. The third-order valence-corrected chi connectivity index (χ3v) is 5.25. The number of rotatable bonds is 3. The van der Waals surface area contributed by atoms with Crippen LogP contribution in [-0.2, 0) is 4.79 Å². The van der Waals surface area contributed by atoms with Crippen LogP contribution in [0.5, 0.6) is 0 Å². The van der Waals surface area contributed by atoms with Gasteiger partial charge in [-0.3, -0.25) is 14.9 Å². The van der Waals surface area contributed by atoms with Gasteiger partial charge in [-0.1, -0.05) is 48.0 Å². The van der Waals surface area contributed by atoms with Crippen LogP contribution in [0.4, 0.5) is 5.69 Å². The van der Waals surface area contributed by atoms with E-state index in [1.54, 1.807) is 12.1 Å². The van der Waals surface area contributed by atoms with Crippen molar-refractivity contribution in [1.82, 2.24) is 10.2 Å². The molecule has 6 nitrogen and oxygen atoms in total. The number of Topliss-reactive ketones (excluding diaryl/α,β-unsaturated/α-hetero) is 1. The number of nitrogens with zero attached hydrogens (tertiary/aromatic N) is 3. The maximum Gasteiger partial charge on any atom is 0.229 e. The summed E-state index contributed by atoms with van der Waals surface area (Å²) in [7, 11) is 0. The number of para-hydroxylation sites is 1. The zero-order valence-electron chi connectivity index (χ0n) is 16.0. The Balaban J connectivity index is 1.46. The minimum absolute atomic E-state index is 0.0974. The number of amides is 1. The van der Waals surface area contributed by atoms with Gasteiger partial charge in [0.1, 0.15) is 6.04 Å².